The number of nitrogens with zero attached hydrogens (tertiary/aromatic N) is 2. The van der Waals surface area contributed by atoms with E-state index in [9.17, 15) is 19.7 Å². The van der Waals surface area contributed by atoms with Crippen LogP contribution >= 0.6 is 0 Å². The van der Waals surface area contributed by atoms with Gasteiger partial charge in [0, 0.05) is 28.9 Å². The summed E-state index contributed by atoms with van der Waals surface area (Å²) in [4.78, 5) is 34.6. The molecule has 0 saturated carbocycles. The zero-order valence-electron chi connectivity index (χ0n) is 16.0. The normalized spacial score (nSPS) is 10.6. The Morgan fingerprint density at radius 3 is 2.27 bits per heavy atom. The molecule has 0 unspecified atom stereocenters. The summed E-state index contributed by atoms with van der Waals surface area (Å²) >= 11 is 0. The summed E-state index contributed by atoms with van der Waals surface area (Å²) in [6, 6.07) is 19.4. The van der Waals surface area contributed by atoms with Crippen LogP contribution in [0.5, 0.6) is 0 Å². The number of non-ortho nitro benzene ring substituents is 1. The third-order valence-electron chi connectivity index (χ3n) is 4.17. The quantitative estimate of drug-likeness (QED) is 0.369. The van der Waals surface area contributed by atoms with Gasteiger partial charge >= 0.3 is 0 Å². The van der Waals surface area contributed by atoms with Crippen LogP contribution in [0.1, 0.15) is 31.8 Å². The molecular weight excluding hydrogens is 384 g/mol. The first-order valence-electron chi connectivity index (χ1n) is 8.98. The smallest absolute Gasteiger partial charge is 0.271 e. The maximum atomic E-state index is 12.3. The molecule has 0 bridgehead atoms. The summed E-state index contributed by atoms with van der Waals surface area (Å²) in [5.74, 6) is -0.659. The van der Waals surface area contributed by atoms with Crippen molar-refractivity contribution < 1.29 is 14.5 Å². The van der Waals surface area contributed by atoms with Crippen LogP contribution in [0.3, 0.4) is 0 Å². The van der Waals surface area contributed by atoms with E-state index in [2.05, 4.69) is 15.8 Å². The average molecular weight is 402 g/mol. The van der Waals surface area contributed by atoms with Crippen molar-refractivity contribution in [1.29, 1.82) is 0 Å². The lowest BCUT2D eigenvalue weighted by Gasteiger charge is -2.07. The Balaban J connectivity index is 1.56. The Morgan fingerprint density at radius 2 is 1.63 bits per heavy atom. The van der Waals surface area contributed by atoms with E-state index in [0.29, 0.717) is 22.4 Å². The Bertz CT molecular complexity index is 1110. The Hall–Kier alpha value is -4.33. The van der Waals surface area contributed by atoms with E-state index in [1.807, 2.05) is 19.1 Å². The summed E-state index contributed by atoms with van der Waals surface area (Å²) in [5.41, 5.74) is 5.44. The molecule has 3 aromatic carbocycles. The second-order valence-electron chi connectivity index (χ2n) is 6.45. The molecule has 0 fully saturated rings. The third kappa shape index (κ3) is 5.35. The molecule has 2 amide bonds. The van der Waals surface area contributed by atoms with Crippen LogP contribution in [-0.2, 0) is 0 Å². The number of hydrogen-bond acceptors (Lipinski definition) is 5. The molecule has 3 aromatic rings. The van der Waals surface area contributed by atoms with E-state index in [0.717, 1.165) is 5.56 Å². The lowest BCUT2D eigenvalue weighted by atomic mass is 10.1. The van der Waals surface area contributed by atoms with Crippen LogP contribution in [0.25, 0.3) is 0 Å². The Morgan fingerprint density at radius 1 is 0.933 bits per heavy atom. The van der Waals surface area contributed by atoms with Crippen molar-refractivity contribution in [1.82, 2.24) is 5.43 Å². The molecule has 0 atom stereocenters. The van der Waals surface area contributed by atoms with E-state index < -0.39 is 10.8 Å². The maximum absolute atomic E-state index is 12.3. The zero-order chi connectivity index (χ0) is 21.5. The monoisotopic (exact) mass is 402 g/mol. The van der Waals surface area contributed by atoms with Crippen molar-refractivity contribution >= 4 is 29.4 Å². The fraction of sp³-hybridized carbons (Fsp3) is 0.0455. The van der Waals surface area contributed by atoms with Gasteiger partial charge in [0.25, 0.3) is 17.5 Å². The van der Waals surface area contributed by atoms with Crippen molar-refractivity contribution in [3.63, 3.8) is 0 Å². The number of benzene rings is 3. The van der Waals surface area contributed by atoms with Gasteiger partial charge in [-0.3, -0.25) is 19.7 Å². The van der Waals surface area contributed by atoms with Gasteiger partial charge in [-0.15, -0.1) is 0 Å². The Kier molecular flexibility index (Phi) is 6.29. The number of carbonyl (C=O) groups is 2. The summed E-state index contributed by atoms with van der Waals surface area (Å²) in [5, 5.41) is 17.3. The fourth-order valence-electron chi connectivity index (χ4n) is 2.61. The highest BCUT2D eigenvalue weighted by Crippen LogP contribution is 2.13. The molecule has 0 spiro atoms. The Labute approximate surface area is 172 Å². The topological polar surface area (TPSA) is 114 Å². The number of nitrogens with one attached hydrogen (secondary N) is 2. The van der Waals surface area contributed by atoms with E-state index in [4.69, 9.17) is 0 Å². The van der Waals surface area contributed by atoms with Crippen LogP contribution in [0.4, 0.5) is 11.4 Å². The fourth-order valence-corrected chi connectivity index (χ4v) is 2.61. The summed E-state index contributed by atoms with van der Waals surface area (Å²) < 4.78 is 0. The average Bonchev–Trinajstić information content (AvgIpc) is 2.74. The molecule has 0 aromatic heterocycles. The molecule has 30 heavy (non-hydrogen) atoms. The predicted molar refractivity (Wildman–Crippen MR) is 114 cm³/mol. The second-order valence-corrected chi connectivity index (χ2v) is 6.45. The summed E-state index contributed by atoms with van der Waals surface area (Å²) in [7, 11) is 0. The van der Waals surface area contributed by atoms with Crippen LogP contribution in [0.2, 0.25) is 0 Å². The lowest BCUT2D eigenvalue weighted by Crippen LogP contribution is -2.17. The van der Waals surface area contributed by atoms with Gasteiger partial charge in [0.05, 0.1) is 11.1 Å². The number of hydrazone groups is 1. The lowest BCUT2D eigenvalue weighted by molar-refractivity contribution is -0.384. The number of nitro benzene ring substituents is 1. The van der Waals surface area contributed by atoms with Crippen molar-refractivity contribution in [3.05, 3.63) is 105 Å². The minimum atomic E-state index is -0.490. The van der Waals surface area contributed by atoms with Crippen molar-refractivity contribution in [2.45, 2.75) is 6.92 Å². The number of carbonyl (C=O) groups excluding carboxylic acids is 2. The van der Waals surface area contributed by atoms with Gasteiger partial charge in [-0.05, 0) is 61.0 Å². The number of hydrogen-bond donors (Lipinski definition) is 2. The van der Waals surface area contributed by atoms with Gasteiger partial charge in [-0.2, -0.15) is 5.10 Å². The SMILES string of the molecule is Cc1cccc(C(=O)Nc2ccc(C(=O)NN=Cc3ccc([N+](=O)[O-])cc3)cc2)c1. The van der Waals surface area contributed by atoms with E-state index >= 15 is 0 Å². The van der Waals surface area contributed by atoms with Gasteiger partial charge in [0.15, 0.2) is 0 Å². The van der Waals surface area contributed by atoms with Crippen molar-refractivity contribution in [3.8, 4) is 0 Å². The minimum absolute atomic E-state index is 0.0224. The van der Waals surface area contributed by atoms with Crippen LogP contribution in [0.15, 0.2) is 77.9 Å². The number of nitro groups is 1. The first-order chi connectivity index (χ1) is 14.4. The first-order valence-corrected chi connectivity index (χ1v) is 8.98. The standard InChI is InChI=1S/C22H18N4O4/c1-15-3-2-4-18(13-15)21(27)24-19-9-7-17(8-10-19)22(28)25-23-14-16-5-11-20(12-6-16)26(29)30/h2-14H,1H3,(H,24,27)(H,25,28). The van der Waals surface area contributed by atoms with E-state index in [-0.39, 0.29) is 11.6 Å². The molecule has 3 rings (SSSR count). The van der Waals surface area contributed by atoms with Gasteiger partial charge in [-0.25, -0.2) is 5.43 Å². The van der Waals surface area contributed by atoms with Crippen LogP contribution in [-0.4, -0.2) is 23.0 Å². The highest BCUT2D eigenvalue weighted by atomic mass is 16.6. The van der Waals surface area contributed by atoms with Crippen LogP contribution < -0.4 is 10.7 Å². The minimum Gasteiger partial charge on any atom is -0.322 e. The number of anilines is 1. The van der Waals surface area contributed by atoms with E-state index in [1.54, 1.807) is 36.4 Å². The molecule has 0 aliphatic carbocycles. The molecule has 0 heterocycles. The van der Waals surface area contributed by atoms with Crippen LogP contribution in [0, 0.1) is 17.0 Å². The maximum Gasteiger partial charge on any atom is 0.271 e. The second kappa shape index (κ2) is 9.24. The molecule has 0 aliphatic heterocycles. The third-order valence-corrected chi connectivity index (χ3v) is 4.17. The molecule has 0 radical (unpaired) electrons. The first kappa shape index (κ1) is 20.4. The number of amides is 2. The highest BCUT2D eigenvalue weighted by Gasteiger charge is 2.08. The summed E-state index contributed by atoms with van der Waals surface area (Å²) in [6.45, 7) is 1.91. The molecular formula is C22H18N4O4. The van der Waals surface area contributed by atoms with Crippen molar-refractivity contribution in [2.24, 2.45) is 5.10 Å². The zero-order valence-corrected chi connectivity index (χ0v) is 16.0. The van der Waals surface area contributed by atoms with Gasteiger partial charge in [0.2, 0.25) is 0 Å². The molecule has 8 heteroatoms. The number of aryl methyl sites for hydroxylation is 1. The largest absolute Gasteiger partial charge is 0.322 e. The predicted octanol–water partition coefficient (Wildman–Crippen LogP) is 3.92. The summed E-state index contributed by atoms with van der Waals surface area (Å²) in [6.07, 6.45) is 1.39. The van der Waals surface area contributed by atoms with E-state index in [1.165, 1.54) is 30.5 Å². The molecule has 150 valence electrons. The number of rotatable bonds is 6. The molecule has 0 saturated heterocycles. The molecule has 2 N–H and O–H groups in total. The highest BCUT2D eigenvalue weighted by molar-refractivity contribution is 6.04. The van der Waals surface area contributed by atoms with Gasteiger partial charge in [-0.1, -0.05) is 17.7 Å². The molecule has 0 aliphatic rings. The van der Waals surface area contributed by atoms with Gasteiger partial charge in [0.1, 0.15) is 0 Å². The van der Waals surface area contributed by atoms with Crippen molar-refractivity contribution in [2.75, 3.05) is 5.32 Å². The molecule has 8 nitrogen and oxygen atoms in total. The van der Waals surface area contributed by atoms with Gasteiger partial charge < -0.3 is 5.32 Å².